The molecule has 1 aliphatic rings. The maximum absolute atomic E-state index is 12.7. The topological polar surface area (TPSA) is 115 Å². The summed E-state index contributed by atoms with van der Waals surface area (Å²) in [6.07, 6.45) is 0.0938. The van der Waals surface area contributed by atoms with E-state index in [9.17, 15) is 9.59 Å². The van der Waals surface area contributed by atoms with Gasteiger partial charge in [-0.15, -0.1) is 0 Å². The number of carboxylic acids is 1. The summed E-state index contributed by atoms with van der Waals surface area (Å²) in [7, 11) is 0. The smallest absolute Gasteiger partial charge is 0.323 e. The Bertz CT molecular complexity index is 1010. The highest BCUT2D eigenvalue weighted by molar-refractivity contribution is 6.02. The Labute approximate surface area is 187 Å². The lowest BCUT2D eigenvalue weighted by Gasteiger charge is -2.38. The lowest BCUT2D eigenvalue weighted by molar-refractivity contribution is -0.137. The number of carboxylic acid groups (broad SMARTS) is 1. The SMILES string of the molecule is CC(CC(=O)O)c1ccc(N2C[C@@H](C)O[C@@H](C)C2)c(NC(=O)Nc2ccc(C#N)cc2)c1. The van der Waals surface area contributed by atoms with Crippen LogP contribution in [0.15, 0.2) is 42.5 Å². The van der Waals surface area contributed by atoms with Gasteiger partial charge in [0.25, 0.3) is 0 Å². The Morgan fingerprint density at radius 2 is 1.81 bits per heavy atom. The molecule has 1 unspecified atom stereocenters. The van der Waals surface area contributed by atoms with Crippen LogP contribution in [0.2, 0.25) is 0 Å². The Hall–Kier alpha value is -3.57. The largest absolute Gasteiger partial charge is 0.481 e. The molecule has 0 bridgehead atoms. The maximum atomic E-state index is 12.7. The number of benzene rings is 2. The van der Waals surface area contributed by atoms with Crippen LogP contribution in [0.5, 0.6) is 0 Å². The van der Waals surface area contributed by atoms with Crippen LogP contribution in [-0.2, 0) is 9.53 Å². The van der Waals surface area contributed by atoms with Crippen molar-refractivity contribution >= 4 is 29.1 Å². The van der Waals surface area contributed by atoms with Gasteiger partial charge in [0.2, 0.25) is 0 Å². The molecule has 168 valence electrons. The van der Waals surface area contributed by atoms with Gasteiger partial charge in [-0.3, -0.25) is 4.79 Å². The summed E-state index contributed by atoms with van der Waals surface area (Å²) >= 11 is 0. The molecule has 0 aromatic heterocycles. The average molecular weight is 437 g/mol. The molecule has 1 aliphatic heterocycles. The van der Waals surface area contributed by atoms with Crippen molar-refractivity contribution in [2.45, 2.75) is 45.3 Å². The number of morpholine rings is 1. The third kappa shape index (κ3) is 5.99. The normalized spacial score (nSPS) is 19.0. The van der Waals surface area contributed by atoms with Crippen molar-refractivity contribution in [1.82, 2.24) is 0 Å². The number of ether oxygens (including phenoxy) is 1. The number of amides is 2. The summed E-state index contributed by atoms with van der Waals surface area (Å²) in [6, 6.07) is 13.9. The first-order chi connectivity index (χ1) is 15.2. The molecule has 3 N–H and O–H groups in total. The first kappa shape index (κ1) is 23.1. The zero-order chi connectivity index (χ0) is 23.3. The molecule has 3 atom stereocenters. The summed E-state index contributed by atoms with van der Waals surface area (Å²) in [5.74, 6) is -1.07. The zero-order valence-corrected chi connectivity index (χ0v) is 18.5. The van der Waals surface area contributed by atoms with Crippen molar-refractivity contribution < 1.29 is 19.4 Å². The van der Waals surface area contributed by atoms with Crippen molar-refractivity contribution in [3.05, 3.63) is 53.6 Å². The van der Waals surface area contributed by atoms with Gasteiger partial charge in [0.15, 0.2) is 0 Å². The molecular formula is C24H28N4O4. The van der Waals surface area contributed by atoms with Gasteiger partial charge >= 0.3 is 12.0 Å². The van der Waals surface area contributed by atoms with Gasteiger partial charge in [0, 0.05) is 18.8 Å². The van der Waals surface area contributed by atoms with Crippen LogP contribution < -0.4 is 15.5 Å². The van der Waals surface area contributed by atoms with Gasteiger partial charge in [-0.2, -0.15) is 5.26 Å². The van der Waals surface area contributed by atoms with Crippen LogP contribution in [-0.4, -0.2) is 42.4 Å². The molecule has 1 heterocycles. The Balaban J connectivity index is 1.85. The Kier molecular flexibility index (Phi) is 7.33. The fraction of sp³-hybridized carbons (Fsp3) is 0.375. The van der Waals surface area contributed by atoms with Crippen LogP contribution >= 0.6 is 0 Å². The van der Waals surface area contributed by atoms with Crippen molar-refractivity contribution in [2.75, 3.05) is 28.6 Å². The highest BCUT2D eigenvalue weighted by Gasteiger charge is 2.25. The number of nitrogens with zero attached hydrogens (tertiary/aromatic N) is 2. The number of anilines is 3. The molecule has 1 fully saturated rings. The second-order valence-corrected chi connectivity index (χ2v) is 8.21. The van der Waals surface area contributed by atoms with E-state index in [0.717, 1.165) is 11.3 Å². The molecule has 2 aromatic carbocycles. The number of aliphatic carboxylic acids is 1. The minimum atomic E-state index is -0.870. The minimum absolute atomic E-state index is 0.00183. The molecule has 8 heteroatoms. The summed E-state index contributed by atoms with van der Waals surface area (Å²) in [4.78, 5) is 26.1. The standard InChI is InChI=1S/C24H28N4O4/c1-15(10-23(29)30)19-6-9-22(28-13-16(2)32-17(3)14-28)21(11-19)27-24(31)26-20-7-4-18(12-25)5-8-20/h4-9,11,15-17H,10,13-14H2,1-3H3,(H,29,30)(H2,26,27,31)/t15?,16-,17+. The van der Waals surface area contributed by atoms with Crippen LogP contribution in [0.1, 0.15) is 44.2 Å². The van der Waals surface area contributed by atoms with Crippen LogP contribution in [0, 0.1) is 11.3 Å². The molecule has 0 saturated carbocycles. The fourth-order valence-corrected chi connectivity index (χ4v) is 3.90. The fourth-order valence-electron chi connectivity index (χ4n) is 3.90. The molecule has 1 saturated heterocycles. The molecule has 8 nitrogen and oxygen atoms in total. The molecular weight excluding hydrogens is 408 g/mol. The van der Waals surface area contributed by atoms with Crippen LogP contribution in [0.3, 0.4) is 0 Å². The van der Waals surface area contributed by atoms with Gasteiger partial charge in [-0.25, -0.2) is 4.79 Å². The average Bonchev–Trinajstić information content (AvgIpc) is 2.73. The number of hydrogen-bond donors (Lipinski definition) is 3. The first-order valence-corrected chi connectivity index (χ1v) is 10.6. The summed E-state index contributed by atoms with van der Waals surface area (Å²) < 4.78 is 5.83. The van der Waals surface area contributed by atoms with E-state index in [0.29, 0.717) is 30.0 Å². The first-order valence-electron chi connectivity index (χ1n) is 10.6. The van der Waals surface area contributed by atoms with Gasteiger partial charge in [0.1, 0.15) is 0 Å². The zero-order valence-electron chi connectivity index (χ0n) is 18.5. The number of rotatable bonds is 6. The lowest BCUT2D eigenvalue weighted by atomic mass is 9.96. The summed E-state index contributed by atoms with van der Waals surface area (Å²) in [6.45, 7) is 7.23. The Morgan fingerprint density at radius 3 is 2.41 bits per heavy atom. The molecule has 0 radical (unpaired) electrons. The predicted octanol–water partition coefficient (Wildman–Crippen LogP) is 4.39. The van der Waals surface area contributed by atoms with Crippen molar-refractivity contribution in [2.24, 2.45) is 0 Å². The van der Waals surface area contributed by atoms with Gasteiger partial charge < -0.3 is 25.4 Å². The second kappa shape index (κ2) is 10.2. The highest BCUT2D eigenvalue weighted by Crippen LogP contribution is 2.33. The number of carbonyl (C=O) groups excluding carboxylic acids is 1. The molecule has 0 aliphatic carbocycles. The maximum Gasteiger partial charge on any atom is 0.323 e. The van der Waals surface area contributed by atoms with E-state index in [1.807, 2.05) is 45.0 Å². The molecule has 2 aromatic rings. The van der Waals surface area contributed by atoms with E-state index in [2.05, 4.69) is 15.5 Å². The quantitative estimate of drug-likeness (QED) is 0.619. The number of hydrogen-bond acceptors (Lipinski definition) is 5. The van der Waals surface area contributed by atoms with Crippen LogP contribution in [0.25, 0.3) is 0 Å². The van der Waals surface area contributed by atoms with E-state index in [1.54, 1.807) is 24.3 Å². The van der Waals surface area contributed by atoms with Gasteiger partial charge in [0.05, 0.1) is 41.6 Å². The highest BCUT2D eigenvalue weighted by atomic mass is 16.5. The predicted molar refractivity (Wildman–Crippen MR) is 123 cm³/mol. The Morgan fingerprint density at radius 1 is 1.16 bits per heavy atom. The van der Waals surface area contributed by atoms with Crippen LogP contribution in [0.4, 0.5) is 21.9 Å². The van der Waals surface area contributed by atoms with E-state index < -0.39 is 12.0 Å². The summed E-state index contributed by atoms with van der Waals surface area (Å²) in [5.41, 5.74) is 3.36. The second-order valence-electron chi connectivity index (χ2n) is 8.21. The third-order valence-electron chi connectivity index (χ3n) is 5.35. The molecule has 32 heavy (non-hydrogen) atoms. The number of nitriles is 1. The van der Waals surface area contributed by atoms with Gasteiger partial charge in [-0.1, -0.05) is 13.0 Å². The monoisotopic (exact) mass is 436 g/mol. The van der Waals surface area contributed by atoms with E-state index >= 15 is 0 Å². The molecule has 0 spiro atoms. The lowest BCUT2D eigenvalue weighted by Crippen LogP contribution is -2.45. The van der Waals surface area contributed by atoms with Crippen molar-refractivity contribution in [3.63, 3.8) is 0 Å². The van der Waals surface area contributed by atoms with E-state index in [-0.39, 0.29) is 24.5 Å². The van der Waals surface area contributed by atoms with Crippen molar-refractivity contribution in [3.8, 4) is 6.07 Å². The number of urea groups is 1. The number of carbonyl (C=O) groups is 2. The third-order valence-corrected chi connectivity index (χ3v) is 5.35. The molecule has 2 amide bonds. The van der Waals surface area contributed by atoms with Crippen molar-refractivity contribution in [1.29, 1.82) is 5.26 Å². The van der Waals surface area contributed by atoms with E-state index in [4.69, 9.17) is 15.1 Å². The summed E-state index contributed by atoms with van der Waals surface area (Å²) in [5, 5.41) is 23.8. The number of nitrogens with one attached hydrogen (secondary N) is 2. The van der Waals surface area contributed by atoms with E-state index in [1.165, 1.54) is 0 Å². The minimum Gasteiger partial charge on any atom is -0.481 e. The molecule has 3 rings (SSSR count). The van der Waals surface area contributed by atoms with Gasteiger partial charge in [-0.05, 0) is 61.7 Å².